The van der Waals surface area contributed by atoms with E-state index >= 15 is 0 Å². The number of rotatable bonds is 53. The van der Waals surface area contributed by atoms with Crippen LogP contribution in [0.3, 0.4) is 0 Å². The number of amides is 1. The van der Waals surface area contributed by atoms with Crippen LogP contribution in [-0.4, -0.2) is 74.3 Å². The number of phosphoric ester groups is 1. The zero-order valence-corrected chi connectivity index (χ0v) is 50.8. The van der Waals surface area contributed by atoms with Gasteiger partial charge in [-0.25, -0.2) is 4.57 Å². The quantitative estimate of drug-likeness (QED) is 0.0205. The van der Waals surface area contributed by atoms with Gasteiger partial charge in [0.25, 0.3) is 0 Å². The van der Waals surface area contributed by atoms with E-state index in [1.807, 2.05) is 33.3 Å². The Labute approximate surface area is 473 Å². The van der Waals surface area contributed by atoms with E-state index in [0.717, 1.165) is 122 Å². The van der Waals surface area contributed by atoms with Gasteiger partial charge in [0.1, 0.15) is 19.3 Å². The molecule has 0 bridgehead atoms. The number of ether oxygens (including phenoxy) is 1. The number of carbonyl (C=O) groups excluding carboxylic acids is 2. The fourth-order valence-electron chi connectivity index (χ4n) is 7.93. The average Bonchev–Trinajstić information content (AvgIpc) is 3.39. The van der Waals surface area contributed by atoms with Crippen molar-refractivity contribution in [3.63, 3.8) is 0 Å². The molecule has 77 heavy (non-hydrogen) atoms. The SMILES string of the molecule is CC/C=C\C/C=C\C/C=C\C/C=C\C/C=C\CCCCCC(=O)NC(COP(=O)(O)OCC[N+](C)(C)C)C(/C=C/CCCCCCCCCCCCC)OC(=O)CCCCC/C=C\C/C=C\C/C=C\C/C=C\C/C=C\CC. The summed E-state index contributed by atoms with van der Waals surface area (Å²) >= 11 is 0. The minimum atomic E-state index is -4.48. The summed E-state index contributed by atoms with van der Waals surface area (Å²) in [7, 11) is 1.43. The van der Waals surface area contributed by atoms with Gasteiger partial charge in [-0.05, 0) is 122 Å². The van der Waals surface area contributed by atoms with Crippen molar-refractivity contribution in [2.75, 3.05) is 40.9 Å². The van der Waals surface area contributed by atoms with Crippen LogP contribution in [0.2, 0.25) is 0 Å². The van der Waals surface area contributed by atoms with Crippen LogP contribution < -0.4 is 5.32 Å². The molecule has 0 heterocycles. The number of phosphoric acid groups is 1. The molecule has 0 aromatic carbocycles. The number of hydrogen-bond donors (Lipinski definition) is 2. The zero-order valence-electron chi connectivity index (χ0n) is 49.9. The molecule has 0 aromatic heterocycles. The molecule has 9 nitrogen and oxygen atoms in total. The van der Waals surface area contributed by atoms with E-state index in [2.05, 4.69) is 148 Å². The highest BCUT2D eigenvalue weighted by atomic mass is 31.2. The fraction of sp³-hybridized carbons (Fsp3) is 0.642. The van der Waals surface area contributed by atoms with Crippen molar-refractivity contribution in [3.8, 4) is 0 Å². The third-order valence-electron chi connectivity index (χ3n) is 12.6. The number of carbonyl (C=O) groups is 2. The first-order chi connectivity index (χ1) is 37.4. The number of hydrogen-bond acceptors (Lipinski definition) is 6. The Morgan fingerprint density at radius 2 is 0.831 bits per heavy atom. The van der Waals surface area contributed by atoms with E-state index in [0.29, 0.717) is 23.9 Å². The highest BCUT2D eigenvalue weighted by molar-refractivity contribution is 7.47. The third kappa shape index (κ3) is 56.7. The summed E-state index contributed by atoms with van der Waals surface area (Å²) < 4.78 is 30.6. The number of nitrogens with one attached hydrogen (secondary N) is 1. The smallest absolute Gasteiger partial charge is 0.456 e. The molecule has 0 fully saturated rings. The molecular formula is C67H114N2O7P+. The van der Waals surface area contributed by atoms with Gasteiger partial charge in [-0.15, -0.1) is 0 Å². The predicted octanol–water partition coefficient (Wildman–Crippen LogP) is 18.9. The highest BCUT2D eigenvalue weighted by Gasteiger charge is 2.30. The van der Waals surface area contributed by atoms with Crippen LogP contribution in [0.5, 0.6) is 0 Å². The molecule has 0 aliphatic rings. The van der Waals surface area contributed by atoms with Gasteiger partial charge in [-0.1, -0.05) is 225 Å². The molecule has 3 unspecified atom stereocenters. The van der Waals surface area contributed by atoms with E-state index in [1.165, 1.54) is 57.8 Å². The summed E-state index contributed by atoms with van der Waals surface area (Å²) in [4.78, 5) is 37.7. The van der Waals surface area contributed by atoms with Crippen LogP contribution >= 0.6 is 7.82 Å². The van der Waals surface area contributed by atoms with E-state index in [9.17, 15) is 19.0 Å². The fourth-order valence-corrected chi connectivity index (χ4v) is 8.67. The number of likely N-dealkylation sites (N-methyl/N-ethyl adjacent to an activating group) is 1. The van der Waals surface area contributed by atoms with Gasteiger partial charge in [0.2, 0.25) is 5.91 Å². The van der Waals surface area contributed by atoms with Gasteiger partial charge < -0.3 is 19.4 Å². The van der Waals surface area contributed by atoms with Crippen LogP contribution in [0.25, 0.3) is 0 Å². The van der Waals surface area contributed by atoms with Crippen LogP contribution in [0, 0.1) is 0 Å². The van der Waals surface area contributed by atoms with Crippen molar-refractivity contribution >= 4 is 19.7 Å². The molecule has 438 valence electrons. The number of unbranched alkanes of at least 4 members (excludes halogenated alkanes) is 17. The maximum absolute atomic E-state index is 13.5. The maximum Gasteiger partial charge on any atom is 0.472 e. The van der Waals surface area contributed by atoms with Gasteiger partial charge >= 0.3 is 13.8 Å². The van der Waals surface area contributed by atoms with Gasteiger partial charge in [-0.3, -0.25) is 18.6 Å². The van der Waals surface area contributed by atoms with E-state index < -0.39 is 20.0 Å². The Kier molecular flexibility index (Phi) is 52.7. The number of esters is 1. The van der Waals surface area contributed by atoms with Crippen molar-refractivity contribution in [2.24, 2.45) is 0 Å². The number of allylic oxidation sites excluding steroid dienone is 21. The lowest BCUT2D eigenvalue weighted by Crippen LogP contribution is -2.47. The molecule has 0 radical (unpaired) electrons. The van der Waals surface area contributed by atoms with Crippen molar-refractivity contribution in [3.05, 3.63) is 134 Å². The summed E-state index contributed by atoms with van der Waals surface area (Å²) in [5, 5.41) is 3.02. The highest BCUT2D eigenvalue weighted by Crippen LogP contribution is 2.43. The molecule has 0 rings (SSSR count). The molecule has 0 aliphatic carbocycles. The first-order valence-electron chi connectivity index (χ1n) is 30.5. The minimum Gasteiger partial charge on any atom is -0.456 e. The van der Waals surface area contributed by atoms with Crippen LogP contribution in [0.4, 0.5) is 0 Å². The van der Waals surface area contributed by atoms with Gasteiger partial charge in [0, 0.05) is 12.8 Å². The molecule has 0 aromatic rings. The predicted molar refractivity (Wildman–Crippen MR) is 332 cm³/mol. The Bertz CT molecular complexity index is 1780. The van der Waals surface area contributed by atoms with E-state index in [-0.39, 0.29) is 37.9 Å². The summed E-state index contributed by atoms with van der Waals surface area (Å²) in [6.45, 7) is 6.71. The first kappa shape index (κ1) is 73.2. The van der Waals surface area contributed by atoms with Crippen LogP contribution in [0.1, 0.15) is 226 Å². The molecule has 0 saturated carbocycles. The molecule has 2 N–H and O–H groups in total. The molecule has 1 amide bonds. The molecule has 0 saturated heterocycles. The molecule has 0 spiro atoms. The Morgan fingerprint density at radius 1 is 0.468 bits per heavy atom. The standard InChI is InChI=1S/C67H113N2O7P/c1-7-10-13-16-19-22-25-28-30-32-34-36-38-41-44-47-50-53-56-59-66(70)68-64(63-75-77(72,73)74-62-61-69(4,5)6)65(58-55-52-49-46-43-40-27-24-21-18-15-12-9-3)76-67(71)60-57-54-51-48-45-42-39-37-35-33-31-29-26-23-20-17-14-11-8-2/h10-11,13-14,19-20,22-23,28-31,34-37,41-42,44-45,55,58,64-65H,7-9,12,15-18,21,24-27,32-33,38-40,43,46-54,56-57,59-63H2,1-6H3,(H-,68,70,72,73)/p+1/b13-10-,14-11-,22-19-,23-20-,30-28-,31-29-,36-34-,37-35-,44-41-,45-42-,58-55+. The van der Waals surface area contributed by atoms with E-state index in [4.69, 9.17) is 13.8 Å². The van der Waals surface area contributed by atoms with Crippen LogP contribution in [0.15, 0.2) is 134 Å². The van der Waals surface area contributed by atoms with E-state index in [1.54, 1.807) is 0 Å². The largest absolute Gasteiger partial charge is 0.472 e. The molecule has 3 atom stereocenters. The van der Waals surface area contributed by atoms with Crippen molar-refractivity contribution in [2.45, 2.75) is 238 Å². The molecule has 10 heteroatoms. The second kappa shape index (κ2) is 55.5. The molecular weight excluding hydrogens is 976 g/mol. The zero-order chi connectivity index (χ0) is 56.4. The normalized spacial score (nSPS) is 14.6. The minimum absolute atomic E-state index is 0.0201. The number of quaternary nitrogens is 1. The summed E-state index contributed by atoms with van der Waals surface area (Å²) in [6.07, 6.45) is 78.8. The van der Waals surface area contributed by atoms with Crippen molar-refractivity contribution in [1.82, 2.24) is 5.32 Å². The lowest BCUT2D eigenvalue weighted by molar-refractivity contribution is -0.870. The van der Waals surface area contributed by atoms with Gasteiger partial charge in [0.15, 0.2) is 0 Å². The van der Waals surface area contributed by atoms with Gasteiger partial charge in [0.05, 0.1) is 33.8 Å². The first-order valence-corrected chi connectivity index (χ1v) is 32.0. The summed E-state index contributed by atoms with van der Waals surface area (Å²) in [5.74, 6) is -0.591. The second-order valence-electron chi connectivity index (χ2n) is 21.1. The van der Waals surface area contributed by atoms with Crippen LogP contribution in [-0.2, 0) is 27.9 Å². The second-order valence-corrected chi connectivity index (χ2v) is 22.6. The lowest BCUT2D eigenvalue weighted by atomic mass is 10.0. The third-order valence-corrected chi connectivity index (χ3v) is 13.6. The molecule has 0 aliphatic heterocycles. The topological polar surface area (TPSA) is 111 Å². The summed E-state index contributed by atoms with van der Waals surface area (Å²) in [5.41, 5.74) is 0. The van der Waals surface area contributed by atoms with Crippen molar-refractivity contribution < 1.29 is 37.3 Å². The number of nitrogens with zero attached hydrogens (tertiary/aromatic N) is 1. The maximum atomic E-state index is 13.5. The van der Waals surface area contributed by atoms with Crippen molar-refractivity contribution in [1.29, 1.82) is 0 Å². The summed E-state index contributed by atoms with van der Waals surface area (Å²) in [6, 6.07) is -0.890. The Morgan fingerprint density at radius 3 is 1.25 bits per heavy atom. The Hall–Kier alpha value is -3.85. The lowest BCUT2D eigenvalue weighted by Gasteiger charge is -2.27. The Balaban J connectivity index is 5.45. The monoisotopic (exact) mass is 1090 g/mol. The van der Waals surface area contributed by atoms with Gasteiger partial charge in [-0.2, -0.15) is 0 Å². The average molecular weight is 1090 g/mol.